The molecule has 3 amide bonds. The molecule has 0 N–H and O–H groups in total. The third-order valence-corrected chi connectivity index (χ3v) is 7.63. The molecule has 0 spiro atoms. The van der Waals surface area contributed by atoms with Crippen molar-refractivity contribution in [1.82, 2.24) is 24.7 Å². The van der Waals surface area contributed by atoms with E-state index in [1.807, 2.05) is 25.7 Å². The summed E-state index contributed by atoms with van der Waals surface area (Å²) in [5.74, 6) is 0.221. The van der Waals surface area contributed by atoms with Gasteiger partial charge in [0.1, 0.15) is 5.60 Å². The summed E-state index contributed by atoms with van der Waals surface area (Å²) < 4.78 is 5.51. The molecule has 5 rings (SSSR count). The first-order valence-electron chi connectivity index (χ1n) is 14.0. The number of nitrogens with zero attached hydrogens (tertiary/aromatic N) is 6. The molecule has 1 aromatic heterocycles. The van der Waals surface area contributed by atoms with Crippen LogP contribution in [0.1, 0.15) is 73.6 Å². The summed E-state index contributed by atoms with van der Waals surface area (Å²) in [5, 5.41) is 9.09. The van der Waals surface area contributed by atoms with Gasteiger partial charge >= 0.3 is 6.09 Å². The van der Waals surface area contributed by atoms with Crippen molar-refractivity contribution in [2.24, 2.45) is 5.92 Å². The summed E-state index contributed by atoms with van der Waals surface area (Å²) in [6, 6.07) is 9.61. The minimum absolute atomic E-state index is 0.0579. The van der Waals surface area contributed by atoms with Gasteiger partial charge in [-0.3, -0.25) is 9.59 Å². The monoisotopic (exact) mass is 544 g/mol. The largest absolute Gasteiger partial charge is 0.444 e. The normalized spacial score (nSPS) is 19.7. The standard InChI is InChI=1S/C30H36N6O4/c1-30(2,3)40-29(39)34-14-11-25(12-15-34)36(24-8-9-24)28(38)23-17-32-26(33-18-23)21-4-6-22(7-5-21)27(37)35-13-10-20(16-31)19-35/h4-7,17-18,20,24-25H,8-15,19H2,1-3H3. The van der Waals surface area contributed by atoms with Gasteiger partial charge in [0.2, 0.25) is 0 Å². The molecule has 0 radical (unpaired) electrons. The molecule has 10 heteroatoms. The molecular formula is C30H36N6O4. The van der Waals surface area contributed by atoms with Gasteiger partial charge in [-0.25, -0.2) is 14.8 Å². The lowest BCUT2D eigenvalue weighted by Crippen LogP contribution is -2.50. The first kappa shape index (κ1) is 27.6. The molecule has 1 atom stereocenters. The summed E-state index contributed by atoms with van der Waals surface area (Å²) in [5.41, 5.74) is 1.22. The van der Waals surface area contributed by atoms with E-state index in [4.69, 9.17) is 10.00 Å². The zero-order chi connectivity index (χ0) is 28.4. The van der Waals surface area contributed by atoms with Gasteiger partial charge in [0.15, 0.2) is 5.82 Å². The number of amides is 3. The molecule has 1 aliphatic carbocycles. The Morgan fingerprint density at radius 2 is 1.50 bits per heavy atom. The molecule has 2 saturated heterocycles. The molecule has 3 fully saturated rings. The smallest absolute Gasteiger partial charge is 0.410 e. The van der Waals surface area contributed by atoms with Gasteiger partial charge in [0.05, 0.1) is 17.6 Å². The Morgan fingerprint density at radius 3 is 2.05 bits per heavy atom. The molecule has 1 unspecified atom stereocenters. The van der Waals surface area contributed by atoms with E-state index in [9.17, 15) is 14.4 Å². The molecule has 3 aliphatic rings. The number of benzene rings is 1. The summed E-state index contributed by atoms with van der Waals surface area (Å²) in [6.07, 6.45) is 6.93. The van der Waals surface area contributed by atoms with E-state index in [2.05, 4.69) is 16.0 Å². The fraction of sp³-hybridized carbons (Fsp3) is 0.533. The van der Waals surface area contributed by atoms with Crippen LogP contribution >= 0.6 is 0 Å². The maximum atomic E-state index is 13.5. The third kappa shape index (κ3) is 6.24. The number of ether oxygens (including phenoxy) is 1. The highest BCUT2D eigenvalue weighted by Gasteiger charge is 2.40. The lowest BCUT2D eigenvalue weighted by molar-refractivity contribution is 0.0142. The van der Waals surface area contributed by atoms with Crippen LogP contribution in [0.4, 0.5) is 4.79 Å². The highest BCUT2D eigenvalue weighted by Crippen LogP contribution is 2.33. The quantitative estimate of drug-likeness (QED) is 0.555. The predicted octanol–water partition coefficient (Wildman–Crippen LogP) is 4.13. The zero-order valence-electron chi connectivity index (χ0n) is 23.4. The van der Waals surface area contributed by atoms with E-state index >= 15 is 0 Å². The average Bonchev–Trinajstić information content (AvgIpc) is 3.66. The first-order chi connectivity index (χ1) is 19.1. The van der Waals surface area contributed by atoms with Gasteiger partial charge in [-0.2, -0.15) is 5.26 Å². The van der Waals surface area contributed by atoms with Crippen LogP contribution in [-0.2, 0) is 4.74 Å². The van der Waals surface area contributed by atoms with Crippen LogP contribution in [0.25, 0.3) is 11.4 Å². The zero-order valence-corrected chi connectivity index (χ0v) is 23.4. The second kappa shape index (κ2) is 11.2. The van der Waals surface area contributed by atoms with Gasteiger partial charge in [0.25, 0.3) is 11.8 Å². The Morgan fingerprint density at radius 1 is 0.900 bits per heavy atom. The second-order valence-electron chi connectivity index (χ2n) is 11.9. The van der Waals surface area contributed by atoms with E-state index in [0.29, 0.717) is 62.4 Å². The van der Waals surface area contributed by atoms with Crippen LogP contribution in [0.5, 0.6) is 0 Å². The van der Waals surface area contributed by atoms with E-state index in [-0.39, 0.29) is 35.9 Å². The van der Waals surface area contributed by atoms with Gasteiger partial charge in [-0.15, -0.1) is 0 Å². The van der Waals surface area contributed by atoms with Crippen molar-refractivity contribution < 1.29 is 19.1 Å². The van der Waals surface area contributed by atoms with Crippen molar-refractivity contribution in [3.8, 4) is 17.5 Å². The number of hydrogen-bond acceptors (Lipinski definition) is 7. The van der Waals surface area contributed by atoms with Crippen molar-refractivity contribution >= 4 is 17.9 Å². The molecule has 0 bridgehead atoms. The number of nitriles is 1. The maximum Gasteiger partial charge on any atom is 0.410 e. The highest BCUT2D eigenvalue weighted by atomic mass is 16.6. The van der Waals surface area contributed by atoms with E-state index in [1.165, 1.54) is 0 Å². The van der Waals surface area contributed by atoms with Gasteiger partial charge in [-0.1, -0.05) is 12.1 Å². The van der Waals surface area contributed by atoms with Crippen molar-refractivity contribution in [3.05, 3.63) is 47.8 Å². The SMILES string of the molecule is CC(C)(C)OC(=O)N1CCC(N(C(=O)c2cnc(-c3ccc(C(=O)N4CCC(C#N)C4)cc3)nc2)C2CC2)CC1. The number of piperidine rings is 1. The Hall–Kier alpha value is -4.00. The minimum Gasteiger partial charge on any atom is -0.444 e. The topological polar surface area (TPSA) is 120 Å². The summed E-state index contributed by atoms with van der Waals surface area (Å²) in [7, 11) is 0. The van der Waals surface area contributed by atoms with Crippen molar-refractivity contribution in [3.63, 3.8) is 0 Å². The van der Waals surface area contributed by atoms with Gasteiger partial charge in [-0.05, 0) is 65.0 Å². The van der Waals surface area contributed by atoms with Crippen LogP contribution in [0, 0.1) is 17.2 Å². The molecule has 210 valence electrons. The Bertz CT molecular complexity index is 1290. The number of carbonyl (C=O) groups is 3. The lowest BCUT2D eigenvalue weighted by atomic mass is 10.0. The molecule has 40 heavy (non-hydrogen) atoms. The Labute approximate surface area is 234 Å². The molecule has 3 heterocycles. The van der Waals surface area contributed by atoms with Crippen LogP contribution in [0.3, 0.4) is 0 Å². The number of likely N-dealkylation sites (tertiary alicyclic amines) is 2. The van der Waals surface area contributed by atoms with Gasteiger partial charge < -0.3 is 19.4 Å². The molecule has 1 aromatic carbocycles. The van der Waals surface area contributed by atoms with Crippen molar-refractivity contribution in [2.75, 3.05) is 26.2 Å². The van der Waals surface area contributed by atoms with Crippen LogP contribution in [0.15, 0.2) is 36.7 Å². The minimum atomic E-state index is -0.536. The molecule has 2 aliphatic heterocycles. The molecule has 1 saturated carbocycles. The predicted molar refractivity (Wildman–Crippen MR) is 147 cm³/mol. The number of carbonyl (C=O) groups excluding carboxylic acids is 3. The third-order valence-electron chi connectivity index (χ3n) is 7.63. The molecular weight excluding hydrogens is 508 g/mol. The number of hydrogen-bond donors (Lipinski definition) is 0. The van der Waals surface area contributed by atoms with E-state index < -0.39 is 5.60 Å². The van der Waals surface area contributed by atoms with E-state index in [0.717, 1.165) is 18.4 Å². The van der Waals surface area contributed by atoms with Crippen molar-refractivity contribution in [2.45, 2.75) is 70.6 Å². The maximum absolute atomic E-state index is 13.5. The fourth-order valence-electron chi connectivity index (χ4n) is 5.37. The van der Waals surface area contributed by atoms with Crippen molar-refractivity contribution in [1.29, 1.82) is 5.26 Å². The molecule has 10 nitrogen and oxygen atoms in total. The average molecular weight is 545 g/mol. The van der Waals surface area contributed by atoms with Crippen LogP contribution in [0.2, 0.25) is 0 Å². The highest BCUT2D eigenvalue weighted by molar-refractivity contribution is 5.95. The van der Waals surface area contributed by atoms with Crippen LogP contribution < -0.4 is 0 Å². The number of aromatic nitrogens is 2. The Balaban J connectivity index is 1.21. The second-order valence-corrected chi connectivity index (χ2v) is 11.9. The lowest BCUT2D eigenvalue weighted by Gasteiger charge is -2.39. The first-order valence-corrected chi connectivity index (χ1v) is 14.0. The summed E-state index contributed by atoms with van der Waals surface area (Å²) >= 11 is 0. The Kier molecular flexibility index (Phi) is 7.74. The molecule has 2 aromatic rings. The number of rotatable bonds is 5. The summed E-state index contributed by atoms with van der Waals surface area (Å²) in [6.45, 7) is 7.75. The van der Waals surface area contributed by atoms with Gasteiger partial charge in [0, 0.05) is 61.8 Å². The van der Waals surface area contributed by atoms with Crippen LogP contribution in [-0.4, -0.2) is 86.4 Å². The van der Waals surface area contributed by atoms with E-state index in [1.54, 1.807) is 46.5 Å². The fourth-order valence-corrected chi connectivity index (χ4v) is 5.37. The summed E-state index contributed by atoms with van der Waals surface area (Å²) in [4.78, 5) is 53.1.